The minimum Gasteiger partial charge on any atom is -0.289 e. The number of Topliss-reactive ketones (excluding diaryl/α,β-unsaturated/α-hetero) is 3. The van der Waals surface area contributed by atoms with Crippen molar-refractivity contribution in [3.63, 3.8) is 0 Å². The second-order valence-electron chi connectivity index (χ2n) is 9.35. The summed E-state index contributed by atoms with van der Waals surface area (Å²) in [6, 6.07) is 6.56. The van der Waals surface area contributed by atoms with E-state index in [1.165, 1.54) is 0 Å². The average Bonchev–Trinajstić information content (AvgIpc) is 2.62. The molecule has 0 radical (unpaired) electrons. The highest BCUT2D eigenvalue weighted by molar-refractivity contribution is 6.50. The van der Waals surface area contributed by atoms with E-state index in [-0.39, 0.29) is 27.6 Å². The molecule has 0 aliphatic heterocycles. The number of rotatable bonds is 1. The summed E-state index contributed by atoms with van der Waals surface area (Å²) in [5.41, 5.74) is 1.32. The first-order chi connectivity index (χ1) is 13.3. The summed E-state index contributed by atoms with van der Waals surface area (Å²) < 4.78 is 0. The molecule has 0 bridgehead atoms. The number of benzene rings is 1. The molecule has 2 aliphatic carbocycles. The summed E-state index contributed by atoms with van der Waals surface area (Å²) in [6.07, 6.45) is 3.38. The van der Waals surface area contributed by atoms with Crippen LogP contribution in [-0.2, 0) is 4.79 Å². The number of carbonyl (C=O) groups is 3. The zero-order chi connectivity index (χ0) is 21.7. The van der Waals surface area contributed by atoms with E-state index in [0.717, 1.165) is 0 Å². The largest absolute Gasteiger partial charge is 0.289 e. The fourth-order valence-electron chi connectivity index (χ4n) is 3.35. The zero-order valence-corrected chi connectivity index (χ0v) is 18.3. The van der Waals surface area contributed by atoms with Crippen molar-refractivity contribution < 1.29 is 14.4 Å². The highest BCUT2D eigenvalue weighted by Gasteiger charge is 2.36. The molecule has 5 heteroatoms. The third-order valence-corrected chi connectivity index (χ3v) is 5.32. The van der Waals surface area contributed by atoms with E-state index in [9.17, 15) is 14.4 Å². The molecule has 1 aromatic rings. The molecular weight excluding hydrogens is 386 g/mol. The lowest BCUT2D eigenvalue weighted by Gasteiger charge is -2.31. The van der Waals surface area contributed by atoms with E-state index >= 15 is 0 Å². The molecule has 0 unspecified atom stereocenters. The van der Waals surface area contributed by atoms with Crippen LogP contribution in [0.4, 0.5) is 0 Å². The summed E-state index contributed by atoms with van der Waals surface area (Å²) in [5, 5.41) is -0.200. The van der Waals surface area contributed by atoms with Gasteiger partial charge in [0.15, 0.2) is 5.78 Å². The lowest BCUT2D eigenvalue weighted by atomic mass is 9.72. The van der Waals surface area contributed by atoms with Gasteiger partial charge in [-0.05, 0) is 23.0 Å². The first-order valence-corrected chi connectivity index (χ1v) is 9.86. The Morgan fingerprint density at radius 1 is 0.724 bits per heavy atom. The summed E-state index contributed by atoms with van der Waals surface area (Å²) in [7, 11) is 0. The number of nitrogens with zero attached hydrogens (tertiary/aromatic N) is 1. The molecule has 0 heterocycles. The maximum atomic E-state index is 13.1. The summed E-state index contributed by atoms with van der Waals surface area (Å²) >= 11 is 6.25. The van der Waals surface area contributed by atoms with Gasteiger partial charge in [0.1, 0.15) is 10.7 Å². The van der Waals surface area contributed by atoms with Gasteiger partial charge in [-0.15, -0.1) is 0 Å². The van der Waals surface area contributed by atoms with E-state index in [2.05, 4.69) is 4.99 Å². The maximum absolute atomic E-state index is 13.1. The predicted octanol–water partition coefficient (Wildman–Crippen LogP) is 5.48. The van der Waals surface area contributed by atoms with Crippen LogP contribution < -0.4 is 0 Å². The smallest absolute Gasteiger partial charge is 0.213 e. The third kappa shape index (κ3) is 3.82. The minimum atomic E-state index is -0.423. The van der Waals surface area contributed by atoms with Crippen LogP contribution in [0.3, 0.4) is 0 Å². The summed E-state index contributed by atoms with van der Waals surface area (Å²) in [5.74, 6) is -0.848. The molecule has 2 aliphatic rings. The van der Waals surface area contributed by atoms with E-state index in [4.69, 9.17) is 11.6 Å². The average molecular weight is 410 g/mol. The Morgan fingerprint density at radius 3 is 1.62 bits per heavy atom. The second-order valence-corrected chi connectivity index (χ2v) is 9.73. The topological polar surface area (TPSA) is 63.6 Å². The van der Waals surface area contributed by atoms with Crippen molar-refractivity contribution in [2.75, 3.05) is 0 Å². The molecule has 0 spiro atoms. The number of hydrogen-bond donors (Lipinski definition) is 0. The van der Waals surface area contributed by atoms with Gasteiger partial charge in [-0.2, -0.15) is 0 Å². The molecule has 0 amide bonds. The van der Waals surface area contributed by atoms with E-state index in [0.29, 0.717) is 16.9 Å². The van der Waals surface area contributed by atoms with Crippen molar-refractivity contribution in [1.82, 2.24) is 0 Å². The number of carbonyl (C=O) groups excluding carboxylic acids is 3. The highest BCUT2D eigenvalue weighted by atomic mass is 35.5. The van der Waals surface area contributed by atoms with Gasteiger partial charge >= 0.3 is 0 Å². The number of hydrogen-bond acceptors (Lipinski definition) is 4. The van der Waals surface area contributed by atoms with Gasteiger partial charge in [0, 0.05) is 22.3 Å². The summed E-state index contributed by atoms with van der Waals surface area (Å²) in [6.45, 7) is 11.7. The number of aliphatic imine (C=N–C) groups is 1. The molecule has 4 nitrogen and oxygen atoms in total. The van der Waals surface area contributed by atoms with Gasteiger partial charge in [-0.1, -0.05) is 77.4 Å². The fourth-order valence-corrected chi connectivity index (χ4v) is 3.58. The van der Waals surface area contributed by atoms with Crippen LogP contribution in [0.25, 0.3) is 0 Å². The van der Waals surface area contributed by atoms with Gasteiger partial charge < -0.3 is 0 Å². The van der Waals surface area contributed by atoms with Crippen LogP contribution in [-0.4, -0.2) is 23.1 Å². The zero-order valence-electron chi connectivity index (χ0n) is 17.5. The Hall–Kier alpha value is -2.59. The molecule has 0 saturated heterocycles. The first kappa shape index (κ1) is 21.1. The van der Waals surface area contributed by atoms with Crippen molar-refractivity contribution in [2.24, 2.45) is 15.8 Å². The van der Waals surface area contributed by atoms with Crippen LogP contribution in [0.15, 0.2) is 63.3 Å². The lowest BCUT2D eigenvalue weighted by molar-refractivity contribution is -0.114. The maximum Gasteiger partial charge on any atom is 0.213 e. The first-order valence-electron chi connectivity index (χ1n) is 9.48. The quantitative estimate of drug-likeness (QED) is 0.576. The Kier molecular flexibility index (Phi) is 5.12. The molecule has 150 valence electrons. The normalized spacial score (nSPS) is 17.9. The Labute approximate surface area is 176 Å². The Morgan fingerprint density at radius 2 is 1.17 bits per heavy atom. The number of fused-ring (bicyclic) bond motifs is 1. The molecule has 0 atom stereocenters. The van der Waals surface area contributed by atoms with Gasteiger partial charge in [-0.3, -0.25) is 14.4 Å². The van der Waals surface area contributed by atoms with E-state index in [1.807, 2.05) is 41.5 Å². The summed E-state index contributed by atoms with van der Waals surface area (Å²) in [4.78, 5) is 43.1. The van der Waals surface area contributed by atoms with Crippen LogP contribution in [0, 0.1) is 10.8 Å². The lowest BCUT2D eigenvalue weighted by Crippen LogP contribution is -2.29. The van der Waals surface area contributed by atoms with Crippen molar-refractivity contribution >= 4 is 34.7 Å². The van der Waals surface area contributed by atoms with Gasteiger partial charge in [-0.25, -0.2) is 4.99 Å². The molecule has 0 fully saturated rings. The molecular formula is C24H24ClNO3. The van der Waals surface area contributed by atoms with E-state index in [1.54, 1.807) is 36.4 Å². The molecule has 1 aromatic carbocycles. The van der Waals surface area contributed by atoms with Gasteiger partial charge in [0.25, 0.3) is 0 Å². The van der Waals surface area contributed by atoms with E-state index < -0.39 is 22.4 Å². The van der Waals surface area contributed by atoms with Crippen molar-refractivity contribution in [3.05, 3.63) is 69.4 Å². The molecule has 29 heavy (non-hydrogen) atoms. The fraction of sp³-hybridized carbons (Fsp3) is 0.333. The second kappa shape index (κ2) is 7.03. The van der Waals surface area contributed by atoms with Crippen molar-refractivity contribution in [3.8, 4) is 0 Å². The van der Waals surface area contributed by atoms with Crippen LogP contribution >= 0.6 is 11.6 Å². The van der Waals surface area contributed by atoms with Gasteiger partial charge in [0.2, 0.25) is 11.6 Å². The van der Waals surface area contributed by atoms with Crippen LogP contribution in [0.5, 0.6) is 0 Å². The standard InChI is InChI=1S/C24H24ClNO3/c1-23(2,3)16-11-13(12-17(22(16)29)24(4,5)6)26-19-18(25)20(27)14-9-7-8-10-15(14)21(19)28/h7-12H,1-6H3. The molecule has 0 N–H and O–H groups in total. The SMILES string of the molecule is CC(C)(C)C1=CC(=NC2=C(Cl)C(=O)c3ccccc3C2=O)C=C(C(C)(C)C)C1=O. The Bertz CT molecular complexity index is 1030. The Balaban J connectivity index is 2.20. The third-order valence-electron chi connectivity index (χ3n) is 4.97. The van der Waals surface area contributed by atoms with Crippen LogP contribution in [0.2, 0.25) is 0 Å². The predicted molar refractivity (Wildman–Crippen MR) is 116 cm³/mol. The minimum absolute atomic E-state index is 0.0274. The number of ketones is 3. The molecule has 3 rings (SSSR count). The number of halogens is 1. The van der Waals surface area contributed by atoms with Crippen LogP contribution in [0.1, 0.15) is 62.3 Å². The highest BCUT2D eigenvalue weighted by Crippen LogP contribution is 2.37. The van der Waals surface area contributed by atoms with Crippen molar-refractivity contribution in [2.45, 2.75) is 41.5 Å². The monoisotopic (exact) mass is 409 g/mol. The van der Waals surface area contributed by atoms with Gasteiger partial charge in [0.05, 0.1) is 5.71 Å². The molecule has 0 saturated carbocycles. The molecule has 0 aromatic heterocycles. The number of allylic oxidation sites excluding steroid dienone is 6. The van der Waals surface area contributed by atoms with Crippen molar-refractivity contribution in [1.29, 1.82) is 0 Å².